The van der Waals surface area contributed by atoms with Crippen LogP contribution >= 0.6 is 0 Å². The Hall–Kier alpha value is -1.98. The van der Waals surface area contributed by atoms with E-state index in [0.717, 1.165) is 13.8 Å². The van der Waals surface area contributed by atoms with Gasteiger partial charge < -0.3 is 4.74 Å². The maximum absolute atomic E-state index is 13.7. The van der Waals surface area contributed by atoms with E-state index in [4.69, 9.17) is 0 Å². The second kappa shape index (κ2) is 9.82. The molecule has 3 unspecified atom stereocenters. The molecule has 0 aliphatic carbocycles. The molecular weight excluding hydrogens is 547 g/mol. The lowest BCUT2D eigenvalue weighted by molar-refractivity contribution is -0.439. The van der Waals surface area contributed by atoms with Crippen molar-refractivity contribution < 1.29 is 84.2 Å². The lowest BCUT2D eigenvalue weighted by atomic mass is 9.89. The van der Waals surface area contributed by atoms with Gasteiger partial charge >= 0.3 is 47.9 Å². The van der Waals surface area contributed by atoms with Crippen LogP contribution in [0.15, 0.2) is 11.1 Å². The van der Waals surface area contributed by atoms with Crippen molar-refractivity contribution in [3.63, 3.8) is 0 Å². The summed E-state index contributed by atoms with van der Waals surface area (Å²) in [5.41, 5.74) is -0.962. The van der Waals surface area contributed by atoms with Crippen molar-refractivity contribution in [2.45, 2.75) is 81.4 Å². The van der Waals surface area contributed by atoms with Crippen molar-refractivity contribution in [1.29, 1.82) is 0 Å². The van der Waals surface area contributed by atoms with Gasteiger partial charge in [-0.3, -0.25) is 0 Å². The highest BCUT2D eigenvalue weighted by Crippen LogP contribution is 2.61. The fourth-order valence-corrected chi connectivity index (χ4v) is 1.92. The number of rotatable bonds is 11. The van der Waals surface area contributed by atoms with Crippen molar-refractivity contribution in [2.24, 2.45) is 0 Å². The van der Waals surface area contributed by atoms with Gasteiger partial charge in [0.05, 0.1) is 0 Å². The van der Waals surface area contributed by atoms with Gasteiger partial charge in [-0.1, -0.05) is 5.57 Å². The quantitative estimate of drug-likeness (QED) is 0.156. The molecule has 0 aromatic rings. The van der Waals surface area contributed by atoms with Crippen LogP contribution in [0.1, 0.15) is 20.8 Å². The van der Waals surface area contributed by atoms with Crippen molar-refractivity contribution >= 4 is 5.97 Å². The number of hydrogen-bond donors (Lipinski definition) is 0. The van der Waals surface area contributed by atoms with Gasteiger partial charge in [0.25, 0.3) is 6.43 Å². The Morgan fingerprint density at radius 3 is 1.26 bits per heavy atom. The van der Waals surface area contributed by atoms with Crippen LogP contribution in [0.2, 0.25) is 0 Å². The maximum Gasteiger partial charge on any atom is 0.385 e. The third-order valence-corrected chi connectivity index (χ3v) is 4.44. The molecule has 0 fully saturated rings. The zero-order chi connectivity index (χ0) is 28.7. The summed E-state index contributed by atoms with van der Waals surface area (Å²) < 4.78 is 229. The number of allylic oxidation sites excluding steroid dienone is 1. The Morgan fingerprint density at radius 1 is 0.600 bits per heavy atom. The molecule has 0 radical (unpaired) electrons. The van der Waals surface area contributed by atoms with Gasteiger partial charge in [0.15, 0.2) is 6.17 Å². The highest BCUT2D eigenvalue weighted by atomic mass is 19.4. The van der Waals surface area contributed by atoms with Crippen LogP contribution in [0.4, 0.5) is 74.6 Å². The second-order valence-corrected chi connectivity index (χ2v) is 7.07. The molecule has 0 rings (SSSR count). The van der Waals surface area contributed by atoms with Gasteiger partial charge in [-0.25, -0.2) is 22.4 Å². The van der Waals surface area contributed by atoms with Crippen molar-refractivity contribution in [3.05, 3.63) is 11.1 Å². The largest absolute Gasteiger partial charge is 0.421 e. The minimum absolute atomic E-state index is 0.160. The van der Waals surface area contributed by atoms with E-state index in [1.807, 2.05) is 0 Å². The van der Waals surface area contributed by atoms with Crippen LogP contribution < -0.4 is 0 Å². The first-order valence-electron chi connectivity index (χ1n) is 8.50. The van der Waals surface area contributed by atoms with E-state index >= 15 is 0 Å². The number of carbonyl (C=O) groups excluding carboxylic acids is 1. The Bertz CT molecular complexity index is 800. The predicted octanol–water partition coefficient (Wildman–Crippen LogP) is 6.93. The summed E-state index contributed by atoms with van der Waals surface area (Å²) in [5.74, 6) is -50.5. The number of alkyl halides is 17. The summed E-state index contributed by atoms with van der Waals surface area (Å²) in [6.45, 7) is 2.75. The standard InChI is InChI=1S/C16H13F17O2/c1-4(2)5(3)9(34)35-10(21)12(24,25)14(28,29)16(32,33)15(30,31)13(26,27)11(22,23)7(18)6(17)8(19)20/h6-8,10H,1-3H3. The molecule has 0 spiro atoms. The third-order valence-electron chi connectivity index (χ3n) is 4.44. The van der Waals surface area contributed by atoms with Crippen molar-refractivity contribution in [3.8, 4) is 0 Å². The molecule has 0 saturated heterocycles. The summed E-state index contributed by atoms with van der Waals surface area (Å²) in [5, 5.41) is 0. The average molecular weight is 560 g/mol. The van der Waals surface area contributed by atoms with Crippen LogP contribution in [-0.4, -0.2) is 66.6 Å². The van der Waals surface area contributed by atoms with Crippen molar-refractivity contribution in [2.75, 3.05) is 0 Å². The smallest absolute Gasteiger partial charge is 0.385 e. The van der Waals surface area contributed by atoms with Gasteiger partial charge in [-0.05, 0) is 20.8 Å². The highest BCUT2D eigenvalue weighted by molar-refractivity contribution is 5.88. The van der Waals surface area contributed by atoms with Crippen LogP contribution in [-0.2, 0) is 9.53 Å². The zero-order valence-electron chi connectivity index (χ0n) is 17.1. The summed E-state index contributed by atoms with van der Waals surface area (Å²) in [7, 11) is 0. The molecule has 0 heterocycles. The summed E-state index contributed by atoms with van der Waals surface area (Å²) in [6, 6.07) is 0. The number of carbonyl (C=O) groups is 1. The molecule has 0 aromatic carbocycles. The Labute approximate surface area is 184 Å². The minimum Gasteiger partial charge on any atom is -0.421 e. The summed E-state index contributed by atoms with van der Waals surface area (Å²) in [4.78, 5) is 11.3. The first-order valence-corrected chi connectivity index (χ1v) is 8.50. The molecule has 0 N–H and O–H groups in total. The highest BCUT2D eigenvalue weighted by Gasteiger charge is 2.92. The SMILES string of the molecule is CC(C)=C(C)C(=O)OC(F)C(F)(F)C(F)(F)C(F)(F)C(F)(F)C(F)(F)C(F)(F)C(F)C(F)C(F)F. The fourth-order valence-electron chi connectivity index (χ4n) is 1.92. The molecule has 0 aromatic heterocycles. The van der Waals surface area contributed by atoms with E-state index in [1.54, 1.807) is 0 Å². The van der Waals surface area contributed by atoms with Crippen LogP contribution in [0.5, 0.6) is 0 Å². The van der Waals surface area contributed by atoms with Gasteiger partial charge in [0, 0.05) is 5.57 Å². The van der Waals surface area contributed by atoms with Gasteiger partial charge in [-0.2, -0.15) is 57.1 Å². The van der Waals surface area contributed by atoms with Crippen LogP contribution in [0.25, 0.3) is 0 Å². The summed E-state index contributed by atoms with van der Waals surface area (Å²) >= 11 is 0. The molecule has 0 amide bonds. The van der Waals surface area contributed by atoms with E-state index in [-0.39, 0.29) is 5.57 Å². The normalized spacial score (nSPS) is 17.2. The first kappa shape index (κ1) is 33.0. The number of esters is 1. The minimum atomic E-state index is -8.48. The Balaban J connectivity index is 6.53. The van der Waals surface area contributed by atoms with E-state index in [9.17, 15) is 79.4 Å². The van der Waals surface area contributed by atoms with E-state index in [2.05, 4.69) is 4.74 Å². The lowest BCUT2D eigenvalue weighted by Gasteiger charge is -2.42. The fraction of sp³-hybridized carbons (Fsp3) is 0.812. The average Bonchev–Trinajstić information content (AvgIpc) is 2.70. The molecule has 0 aliphatic heterocycles. The van der Waals surface area contributed by atoms with Gasteiger partial charge in [0.2, 0.25) is 6.17 Å². The van der Waals surface area contributed by atoms with Crippen LogP contribution in [0.3, 0.4) is 0 Å². The molecule has 0 saturated carbocycles. The monoisotopic (exact) mass is 560 g/mol. The molecule has 3 atom stereocenters. The molecule has 2 nitrogen and oxygen atoms in total. The lowest BCUT2D eigenvalue weighted by Crippen LogP contribution is -2.73. The first-order chi connectivity index (χ1) is 15.2. The topological polar surface area (TPSA) is 26.3 Å². The van der Waals surface area contributed by atoms with Gasteiger partial charge in [0.1, 0.15) is 0 Å². The number of hydrogen-bond acceptors (Lipinski definition) is 2. The van der Waals surface area contributed by atoms with Crippen molar-refractivity contribution in [1.82, 2.24) is 0 Å². The van der Waals surface area contributed by atoms with E-state index in [1.165, 1.54) is 0 Å². The number of ether oxygens (including phenoxy) is 1. The van der Waals surface area contributed by atoms with Gasteiger partial charge in [-0.15, -0.1) is 0 Å². The number of halogens is 17. The molecular formula is C16H13F17O2. The molecule has 19 heteroatoms. The predicted molar refractivity (Wildman–Crippen MR) is 80.5 cm³/mol. The summed E-state index contributed by atoms with van der Waals surface area (Å²) in [6.07, 6.45) is -21.0. The zero-order valence-corrected chi connectivity index (χ0v) is 17.1. The maximum atomic E-state index is 13.7. The molecule has 35 heavy (non-hydrogen) atoms. The second-order valence-electron chi connectivity index (χ2n) is 7.07. The van der Waals surface area contributed by atoms with Crippen LogP contribution in [0, 0.1) is 0 Å². The molecule has 0 aliphatic rings. The van der Waals surface area contributed by atoms with E-state index < -0.39 is 72.2 Å². The molecule has 208 valence electrons. The Kier molecular flexibility index (Phi) is 9.26. The molecule has 0 bridgehead atoms. The Morgan fingerprint density at radius 2 is 0.943 bits per heavy atom. The van der Waals surface area contributed by atoms with E-state index in [0.29, 0.717) is 6.92 Å². The third kappa shape index (κ3) is 5.13.